The number of nitrogens with zero attached hydrogens (tertiary/aromatic N) is 1. The number of non-ortho nitro benzene ring substituents is 1. The number of Topliss-reactive ketones (excluding diaryl/α,β-unsaturated/α-hetero) is 1. The number of hydrogen-bond acceptors (Lipinski definition) is 7. The molecule has 0 aromatic heterocycles. The number of ether oxygens (including phenoxy) is 2. The molecule has 1 saturated heterocycles. The molecule has 2 heterocycles. The van der Waals surface area contributed by atoms with E-state index >= 15 is 0 Å². The van der Waals surface area contributed by atoms with Crippen molar-refractivity contribution in [3.05, 3.63) is 62.5 Å². The average Bonchev–Trinajstić information content (AvgIpc) is 3.23. The first-order chi connectivity index (χ1) is 15.2. The van der Waals surface area contributed by atoms with Crippen molar-refractivity contribution >= 4 is 17.4 Å². The van der Waals surface area contributed by atoms with Crippen LogP contribution in [0.1, 0.15) is 57.9 Å². The second-order valence-corrected chi connectivity index (χ2v) is 9.52. The molecule has 8 heteroatoms. The van der Waals surface area contributed by atoms with Crippen molar-refractivity contribution in [2.24, 2.45) is 5.41 Å². The summed E-state index contributed by atoms with van der Waals surface area (Å²) in [5.74, 6) is -1.31. The summed E-state index contributed by atoms with van der Waals surface area (Å²) in [6.45, 7) is 6.64. The van der Waals surface area contributed by atoms with Crippen molar-refractivity contribution < 1.29 is 24.0 Å². The van der Waals surface area contributed by atoms with Crippen LogP contribution in [0.4, 0.5) is 5.69 Å². The zero-order valence-corrected chi connectivity index (χ0v) is 18.6. The van der Waals surface area contributed by atoms with E-state index in [1.165, 1.54) is 12.1 Å². The maximum atomic E-state index is 13.3. The summed E-state index contributed by atoms with van der Waals surface area (Å²) < 4.78 is 11.1. The van der Waals surface area contributed by atoms with Crippen LogP contribution in [0.2, 0.25) is 0 Å². The number of hydrogen-bond donors (Lipinski definition) is 1. The molecule has 0 radical (unpaired) electrons. The molecule has 2 aliphatic heterocycles. The lowest BCUT2D eigenvalue weighted by Gasteiger charge is -2.39. The molecule has 0 saturated carbocycles. The van der Waals surface area contributed by atoms with Crippen LogP contribution in [-0.2, 0) is 19.1 Å². The Morgan fingerprint density at radius 3 is 2.81 bits per heavy atom. The van der Waals surface area contributed by atoms with Gasteiger partial charge in [-0.1, -0.05) is 26.0 Å². The van der Waals surface area contributed by atoms with E-state index in [-0.39, 0.29) is 29.6 Å². The molecule has 0 amide bonds. The number of benzene rings is 1. The molecule has 1 aromatic carbocycles. The molecule has 1 aromatic rings. The van der Waals surface area contributed by atoms with E-state index in [9.17, 15) is 19.7 Å². The molecular formula is C24H28N2O6. The van der Waals surface area contributed by atoms with E-state index in [1.54, 1.807) is 19.1 Å². The second kappa shape index (κ2) is 8.50. The molecule has 1 aliphatic carbocycles. The molecule has 1 N–H and O–H groups in total. The van der Waals surface area contributed by atoms with Gasteiger partial charge in [0.1, 0.15) is 6.61 Å². The summed E-state index contributed by atoms with van der Waals surface area (Å²) >= 11 is 0. The van der Waals surface area contributed by atoms with Crippen LogP contribution >= 0.6 is 0 Å². The van der Waals surface area contributed by atoms with E-state index in [2.05, 4.69) is 5.32 Å². The normalized spacial score (nSPS) is 24.8. The van der Waals surface area contributed by atoms with Crippen LogP contribution in [-0.4, -0.2) is 36.0 Å². The number of allylic oxidation sites excluding steroid dienone is 3. The van der Waals surface area contributed by atoms with Crippen LogP contribution in [0.15, 0.2) is 46.8 Å². The van der Waals surface area contributed by atoms with E-state index in [0.717, 1.165) is 18.5 Å². The van der Waals surface area contributed by atoms with Crippen LogP contribution in [0, 0.1) is 15.5 Å². The topological polar surface area (TPSA) is 108 Å². The van der Waals surface area contributed by atoms with Gasteiger partial charge in [0.15, 0.2) is 5.78 Å². The Bertz CT molecular complexity index is 1030. The van der Waals surface area contributed by atoms with Gasteiger partial charge in [-0.3, -0.25) is 14.9 Å². The van der Waals surface area contributed by atoms with Gasteiger partial charge in [0.05, 0.1) is 16.6 Å². The van der Waals surface area contributed by atoms with Gasteiger partial charge in [-0.15, -0.1) is 0 Å². The van der Waals surface area contributed by atoms with Crippen molar-refractivity contribution in [3.63, 3.8) is 0 Å². The minimum absolute atomic E-state index is 0.0582. The summed E-state index contributed by atoms with van der Waals surface area (Å²) in [5.41, 5.74) is 2.42. The van der Waals surface area contributed by atoms with E-state index in [0.29, 0.717) is 41.9 Å². The molecule has 0 spiro atoms. The van der Waals surface area contributed by atoms with Crippen molar-refractivity contribution in [2.75, 3.05) is 13.2 Å². The van der Waals surface area contributed by atoms with Gasteiger partial charge in [0.2, 0.25) is 0 Å². The highest BCUT2D eigenvalue weighted by molar-refractivity contribution is 6.04. The summed E-state index contributed by atoms with van der Waals surface area (Å²) in [4.78, 5) is 37.4. The van der Waals surface area contributed by atoms with Gasteiger partial charge >= 0.3 is 5.97 Å². The van der Waals surface area contributed by atoms with Crippen molar-refractivity contribution in [2.45, 2.75) is 58.5 Å². The Kier molecular flexibility index (Phi) is 5.90. The van der Waals surface area contributed by atoms with Gasteiger partial charge in [-0.2, -0.15) is 0 Å². The molecular weight excluding hydrogens is 412 g/mol. The minimum Gasteiger partial charge on any atom is -0.459 e. The first-order valence-corrected chi connectivity index (χ1v) is 10.9. The Balaban J connectivity index is 1.75. The fourth-order valence-corrected chi connectivity index (χ4v) is 4.88. The van der Waals surface area contributed by atoms with Crippen LogP contribution in [0.5, 0.6) is 0 Å². The highest BCUT2D eigenvalue weighted by Gasteiger charge is 2.43. The van der Waals surface area contributed by atoms with Gasteiger partial charge in [0, 0.05) is 48.0 Å². The Morgan fingerprint density at radius 2 is 2.12 bits per heavy atom. The number of carbonyl (C=O) groups excluding carboxylic acids is 2. The summed E-state index contributed by atoms with van der Waals surface area (Å²) in [6.07, 6.45) is 2.63. The SMILES string of the molecule is CC1=C(C(=O)OC[C@@H]2CCCO2)[C@@H](c2cccc([N+](=O)[O-])c2)C2=C(CC(C)(C)CC2=O)N1. The number of esters is 1. The predicted octanol–water partition coefficient (Wildman–Crippen LogP) is 3.92. The third-order valence-electron chi connectivity index (χ3n) is 6.30. The zero-order chi connectivity index (χ0) is 23.0. The summed E-state index contributed by atoms with van der Waals surface area (Å²) in [7, 11) is 0. The molecule has 8 nitrogen and oxygen atoms in total. The van der Waals surface area contributed by atoms with Gasteiger partial charge in [-0.25, -0.2) is 4.79 Å². The van der Waals surface area contributed by atoms with Gasteiger partial charge < -0.3 is 14.8 Å². The molecule has 2 atom stereocenters. The quantitative estimate of drug-likeness (QED) is 0.420. The second-order valence-electron chi connectivity index (χ2n) is 9.52. The standard InChI is InChI=1S/C24H28N2O6/c1-14-20(23(28)32-13-17-8-5-9-31-17)21(15-6-4-7-16(10-15)26(29)30)22-18(25-14)11-24(2,3)12-19(22)27/h4,6-7,10,17,21,25H,5,8-9,11-13H2,1-3H3/t17-,21+/m0/s1. The molecule has 0 bridgehead atoms. The first kappa shape index (κ1) is 22.2. The highest BCUT2D eigenvalue weighted by atomic mass is 16.6. The lowest BCUT2D eigenvalue weighted by atomic mass is 9.68. The lowest BCUT2D eigenvalue weighted by molar-refractivity contribution is -0.384. The molecule has 1 fully saturated rings. The number of carbonyl (C=O) groups is 2. The van der Waals surface area contributed by atoms with E-state index < -0.39 is 16.8 Å². The average molecular weight is 440 g/mol. The fourth-order valence-electron chi connectivity index (χ4n) is 4.88. The number of dihydropyridines is 1. The molecule has 0 unspecified atom stereocenters. The molecule has 170 valence electrons. The Labute approximate surface area is 186 Å². The summed E-state index contributed by atoms with van der Waals surface area (Å²) in [5, 5.41) is 14.7. The Hall–Kier alpha value is -3.00. The summed E-state index contributed by atoms with van der Waals surface area (Å²) in [6, 6.07) is 6.14. The molecule has 32 heavy (non-hydrogen) atoms. The number of rotatable bonds is 5. The third kappa shape index (κ3) is 4.32. The number of nitrogens with one attached hydrogen (secondary N) is 1. The maximum absolute atomic E-state index is 13.3. The fraction of sp³-hybridized carbons (Fsp3) is 0.500. The van der Waals surface area contributed by atoms with Crippen molar-refractivity contribution in [3.8, 4) is 0 Å². The predicted molar refractivity (Wildman–Crippen MR) is 117 cm³/mol. The largest absolute Gasteiger partial charge is 0.459 e. The molecule has 3 aliphatic rings. The van der Waals surface area contributed by atoms with Crippen LogP contribution < -0.4 is 5.32 Å². The zero-order valence-electron chi connectivity index (χ0n) is 18.6. The highest BCUT2D eigenvalue weighted by Crippen LogP contribution is 2.47. The van der Waals surface area contributed by atoms with Gasteiger partial charge in [0.25, 0.3) is 5.69 Å². The number of ketones is 1. The molecule has 4 rings (SSSR count). The maximum Gasteiger partial charge on any atom is 0.336 e. The minimum atomic E-state index is -0.716. The first-order valence-electron chi connectivity index (χ1n) is 10.9. The monoisotopic (exact) mass is 440 g/mol. The number of nitro benzene ring substituents is 1. The Morgan fingerprint density at radius 1 is 1.34 bits per heavy atom. The number of nitro groups is 1. The van der Waals surface area contributed by atoms with E-state index in [1.807, 2.05) is 13.8 Å². The van der Waals surface area contributed by atoms with Crippen molar-refractivity contribution in [1.29, 1.82) is 0 Å². The van der Waals surface area contributed by atoms with Crippen molar-refractivity contribution in [1.82, 2.24) is 5.32 Å². The van der Waals surface area contributed by atoms with Gasteiger partial charge in [-0.05, 0) is 37.2 Å². The third-order valence-corrected chi connectivity index (χ3v) is 6.30. The van der Waals surface area contributed by atoms with Crippen LogP contribution in [0.25, 0.3) is 0 Å². The lowest BCUT2D eigenvalue weighted by Crippen LogP contribution is -2.39. The van der Waals surface area contributed by atoms with E-state index in [4.69, 9.17) is 9.47 Å². The van der Waals surface area contributed by atoms with Crippen LogP contribution in [0.3, 0.4) is 0 Å². The smallest absolute Gasteiger partial charge is 0.336 e.